The molecule has 1 aliphatic rings. The molecule has 0 radical (unpaired) electrons. The number of carbonyl (C=O) groups is 2. The van der Waals surface area contributed by atoms with Gasteiger partial charge >= 0.3 is 5.97 Å². The number of esters is 1. The molecular formula is C19H19NO5. The first-order valence-electron chi connectivity index (χ1n) is 7.81. The molecule has 1 N–H and O–H groups in total. The van der Waals surface area contributed by atoms with E-state index in [-0.39, 0.29) is 11.8 Å². The zero-order valence-corrected chi connectivity index (χ0v) is 14.3. The lowest BCUT2D eigenvalue weighted by Crippen LogP contribution is -2.24. The highest BCUT2D eigenvalue weighted by molar-refractivity contribution is 5.96. The lowest BCUT2D eigenvalue weighted by Gasteiger charge is -2.28. The lowest BCUT2D eigenvalue weighted by molar-refractivity contribution is -0.116. The number of fused-ring (bicyclic) bond motifs is 1. The molecule has 2 aromatic carbocycles. The molecule has 3 rings (SSSR count). The Bertz CT molecular complexity index is 813. The zero-order valence-electron chi connectivity index (χ0n) is 14.3. The Hall–Kier alpha value is -3.02. The quantitative estimate of drug-likeness (QED) is 0.866. The average molecular weight is 341 g/mol. The summed E-state index contributed by atoms with van der Waals surface area (Å²) in [7, 11) is 4.49. The van der Waals surface area contributed by atoms with E-state index in [4.69, 9.17) is 14.2 Å². The first-order valence-corrected chi connectivity index (χ1v) is 7.81. The molecule has 25 heavy (non-hydrogen) atoms. The summed E-state index contributed by atoms with van der Waals surface area (Å²) in [5.41, 5.74) is 2.96. The Morgan fingerprint density at radius 1 is 1.08 bits per heavy atom. The van der Waals surface area contributed by atoms with E-state index in [1.165, 1.54) is 7.11 Å². The summed E-state index contributed by atoms with van der Waals surface area (Å²) >= 11 is 0. The van der Waals surface area contributed by atoms with Crippen molar-refractivity contribution in [2.24, 2.45) is 0 Å². The van der Waals surface area contributed by atoms with Crippen molar-refractivity contribution in [2.75, 3.05) is 26.6 Å². The van der Waals surface area contributed by atoms with Crippen LogP contribution in [0, 0.1) is 0 Å². The molecule has 1 atom stereocenters. The standard InChI is InChI=1S/C19H19NO5/c1-23-13-8-15-18(16(9-13)24-2)14(10-17(21)20-15)11-4-6-12(7-5-11)19(22)25-3/h4-9,14H,10H2,1-3H3,(H,20,21)/t14-/m1/s1. The van der Waals surface area contributed by atoms with Gasteiger partial charge in [-0.2, -0.15) is 0 Å². The maximum Gasteiger partial charge on any atom is 0.337 e. The summed E-state index contributed by atoms with van der Waals surface area (Å²) in [5, 5.41) is 2.87. The van der Waals surface area contributed by atoms with E-state index in [0.29, 0.717) is 29.2 Å². The Labute approximate surface area is 145 Å². The Balaban J connectivity index is 2.07. The molecule has 0 saturated carbocycles. The maximum atomic E-state index is 12.2. The molecule has 1 aliphatic heterocycles. The summed E-state index contributed by atoms with van der Waals surface area (Å²) in [5.74, 6) is 0.616. The topological polar surface area (TPSA) is 73.9 Å². The van der Waals surface area contributed by atoms with Crippen LogP contribution in [0.1, 0.15) is 33.8 Å². The van der Waals surface area contributed by atoms with E-state index in [9.17, 15) is 9.59 Å². The van der Waals surface area contributed by atoms with E-state index in [2.05, 4.69) is 5.32 Å². The number of carbonyl (C=O) groups excluding carboxylic acids is 2. The predicted octanol–water partition coefficient (Wildman–Crippen LogP) is 2.96. The van der Waals surface area contributed by atoms with Crippen molar-refractivity contribution in [3.05, 3.63) is 53.1 Å². The summed E-state index contributed by atoms with van der Waals surface area (Å²) in [4.78, 5) is 23.8. The highest BCUT2D eigenvalue weighted by atomic mass is 16.5. The van der Waals surface area contributed by atoms with Crippen molar-refractivity contribution in [1.82, 2.24) is 0 Å². The first kappa shape index (κ1) is 16.8. The van der Waals surface area contributed by atoms with Crippen LogP contribution in [-0.4, -0.2) is 33.2 Å². The third kappa shape index (κ3) is 3.15. The number of amides is 1. The summed E-state index contributed by atoms with van der Waals surface area (Å²) in [6.45, 7) is 0. The third-order valence-electron chi connectivity index (χ3n) is 4.32. The highest BCUT2D eigenvalue weighted by Gasteiger charge is 2.30. The van der Waals surface area contributed by atoms with E-state index in [1.54, 1.807) is 38.5 Å². The van der Waals surface area contributed by atoms with Gasteiger partial charge in [-0.1, -0.05) is 12.1 Å². The van der Waals surface area contributed by atoms with Crippen LogP contribution < -0.4 is 14.8 Å². The molecule has 130 valence electrons. The summed E-state index contributed by atoms with van der Waals surface area (Å²) in [6.07, 6.45) is 0.299. The number of hydrogen-bond donors (Lipinski definition) is 1. The molecule has 0 unspecified atom stereocenters. The Morgan fingerprint density at radius 3 is 2.40 bits per heavy atom. The van der Waals surface area contributed by atoms with Crippen LogP contribution >= 0.6 is 0 Å². The van der Waals surface area contributed by atoms with Gasteiger partial charge in [-0.05, 0) is 17.7 Å². The van der Waals surface area contributed by atoms with Crippen LogP contribution in [0.2, 0.25) is 0 Å². The fraction of sp³-hybridized carbons (Fsp3) is 0.263. The third-order valence-corrected chi connectivity index (χ3v) is 4.32. The van der Waals surface area contributed by atoms with Gasteiger partial charge in [-0.3, -0.25) is 4.79 Å². The second kappa shape index (κ2) is 6.84. The lowest BCUT2D eigenvalue weighted by atomic mass is 9.83. The van der Waals surface area contributed by atoms with Gasteiger partial charge in [0.15, 0.2) is 0 Å². The molecule has 0 aromatic heterocycles. The van der Waals surface area contributed by atoms with Crippen molar-refractivity contribution < 1.29 is 23.8 Å². The molecule has 0 bridgehead atoms. The smallest absolute Gasteiger partial charge is 0.337 e. The summed E-state index contributed by atoms with van der Waals surface area (Å²) < 4.78 is 15.5. The number of nitrogens with one attached hydrogen (secondary N) is 1. The second-order valence-corrected chi connectivity index (χ2v) is 5.71. The molecule has 0 spiro atoms. The largest absolute Gasteiger partial charge is 0.497 e. The average Bonchev–Trinajstić information content (AvgIpc) is 2.65. The van der Waals surface area contributed by atoms with Gasteiger partial charge in [0, 0.05) is 30.0 Å². The molecule has 0 fully saturated rings. The Morgan fingerprint density at radius 2 is 1.80 bits per heavy atom. The molecule has 1 heterocycles. The fourth-order valence-electron chi connectivity index (χ4n) is 3.09. The number of methoxy groups -OCH3 is 3. The van der Waals surface area contributed by atoms with Crippen molar-refractivity contribution in [1.29, 1.82) is 0 Å². The first-order chi connectivity index (χ1) is 12.1. The van der Waals surface area contributed by atoms with Gasteiger partial charge in [-0.15, -0.1) is 0 Å². The van der Waals surface area contributed by atoms with Crippen LogP contribution in [0.3, 0.4) is 0 Å². The maximum absolute atomic E-state index is 12.2. The minimum atomic E-state index is -0.393. The number of ether oxygens (including phenoxy) is 3. The SMILES string of the molecule is COC(=O)c1ccc([C@H]2CC(=O)Nc3cc(OC)cc(OC)c32)cc1. The number of anilines is 1. The van der Waals surface area contributed by atoms with E-state index >= 15 is 0 Å². The van der Waals surface area contributed by atoms with Crippen molar-refractivity contribution in [3.63, 3.8) is 0 Å². The van der Waals surface area contributed by atoms with Crippen molar-refractivity contribution >= 4 is 17.6 Å². The zero-order chi connectivity index (χ0) is 18.0. The van der Waals surface area contributed by atoms with Crippen LogP contribution in [0.15, 0.2) is 36.4 Å². The van der Waals surface area contributed by atoms with Crippen LogP contribution in [0.5, 0.6) is 11.5 Å². The van der Waals surface area contributed by atoms with Crippen molar-refractivity contribution in [2.45, 2.75) is 12.3 Å². The molecule has 0 aliphatic carbocycles. The molecule has 6 heteroatoms. The monoisotopic (exact) mass is 341 g/mol. The molecule has 6 nitrogen and oxygen atoms in total. The van der Waals surface area contributed by atoms with E-state index < -0.39 is 5.97 Å². The van der Waals surface area contributed by atoms with Gasteiger partial charge in [0.25, 0.3) is 0 Å². The minimum Gasteiger partial charge on any atom is -0.497 e. The number of benzene rings is 2. The molecular weight excluding hydrogens is 322 g/mol. The molecule has 0 saturated heterocycles. The second-order valence-electron chi connectivity index (χ2n) is 5.71. The minimum absolute atomic E-state index is 0.0788. The molecule has 1 amide bonds. The van der Waals surface area contributed by atoms with Crippen LogP contribution in [-0.2, 0) is 9.53 Å². The van der Waals surface area contributed by atoms with E-state index in [0.717, 1.165) is 11.1 Å². The van der Waals surface area contributed by atoms with Gasteiger partial charge in [0.1, 0.15) is 11.5 Å². The molecule has 2 aromatic rings. The van der Waals surface area contributed by atoms with E-state index in [1.807, 2.05) is 12.1 Å². The highest BCUT2D eigenvalue weighted by Crippen LogP contribution is 2.44. The predicted molar refractivity (Wildman–Crippen MR) is 92.4 cm³/mol. The fourth-order valence-corrected chi connectivity index (χ4v) is 3.09. The van der Waals surface area contributed by atoms with Gasteiger partial charge < -0.3 is 19.5 Å². The van der Waals surface area contributed by atoms with Gasteiger partial charge in [0.2, 0.25) is 5.91 Å². The van der Waals surface area contributed by atoms with Crippen molar-refractivity contribution in [3.8, 4) is 11.5 Å². The summed E-state index contributed by atoms with van der Waals surface area (Å²) in [6, 6.07) is 10.6. The number of rotatable bonds is 4. The van der Waals surface area contributed by atoms with Crippen LogP contribution in [0.4, 0.5) is 5.69 Å². The van der Waals surface area contributed by atoms with Crippen LogP contribution in [0.25, 0.3) is 0 Å². The van der Waals surface area contributed by atoms with Gasteiger partial charge in [0.05, 0.1) is 32.6 Å². The Kier molecular flexibility index (Phi) is 4.61. The normalized spacial score (nSPS) is 15.8. The van der Waals surface area contributed by atoms with Gasteiger partial charge in [-0.25, -0.2) is 4.79 Å². The number of hydrogen-bond acceptors (Lipinski definition) is 5.